The first-order chi connectivity index (χ1) is 13.2. The fraction of sp³-hybridized carbons (Fsp3) is 0.667. The van der Waals surface area contributed by atoms with Gasteiger partial charge < -0.3 is 20.1 Å². The largest absolute Gasteiger partial charge is 0.381 e. The van der Waals surface area contributed by atoms with E-state index in [0.717, 1.165) is 50.8 Å². The number of benzene rings is 1. The van der Waals surface area contributed by atoms with Crippen molar-refractivity contribution in [3.05, 3.63) is 35.6 Å². The van der Waals surface area contributed by atoms with Crippen molar-refractivity contribution in [2.24, 2.45) is 5.92 Å². The summed E-state index contributed by atoms with van der Waals surface area (Å²) in [6.07, 6.45) is 4.45. The Kier molecular flexibility index (Phi) is 5.76. The average molecular weight is 376 g/mol. The van der Waals surface area contributed by atoms with Crippen LogP contribution in [0.15, 0.2) is 24.3 Å². The molecule has 2 saturated heterocycles. The number of hydrogen-bond acceptors (Lipinski definition) is 4. The summed E-state index contributed by atoms with van der Waals surface area (Å²) in [5.41, 5.74) is 0.705. The Balaban J connectivity index is 1.41. The number of nitrogens with one attached hydrogen (secondary N) is 2. The summed E-state index contributed by atoms with van der Waals surface area (Å²) in [6, 6.07) is 7.07. The maximum atomic E-state index is 13.8. The first-order valence-electron chi connectivity index (χ1n) is 10.1. The molecule has 2 N–H and O–H groups in total. The molecule has 2 aliphatic heterocycles. The zero-order valence-corrected chi connectivity index (χ0v) is 15.7. The molecule has 1 aliphatic carbocycles. The third kappa shape index (κ3) is 4.18. The van der Waals surface area contributed by atoms with Gasteiger partial charge in [0.1, 0.15) is 5.82 Å². The predicted octanol–water partition coefficient (Wildman–Crippen LogP) is 2.15. The predicted molar refractivity (Wildman–Crippen MR) is 100 cm³/mol. The molecule has 1 aromatic carbocycles. The lowest BCUT2D eigenvalue weighted by Gasteiger charge is -2.40. The Morgan fingerprint density at radius 3 is 2.93 bits per heavy atom. The van der Waals surface area contributed by atoms with Crippen molar-refractivity contribution >= 4 is 5.91 Å². The van der Waals surface area contributed by atoms with E-state index in [1.165, 1.54) is 6.07 Å². The van der Waals surface area contributed by atoms with Crippen LogP contribution in [0.1, 0.15) is 37.7 Å². The van der Waals surface area contributed by atoms with Crippen molar-refractivity contribution < 1.29 is 18.7 Å². The molecule has 27 heavy (non-hydrogen) atoms. The second-order valence-corrected chi connectivity index (χ2v) is 8.10. The van der Waals surface area contributed by atoms with Gasteiger partial charge in [0.25, 0.3) is 0 Å². The standard InChI is InChI=1S/C21H29FN2O3/c22-17-3-1-2-16(13-17)21(6-9-26-10-7-21)14-24-20(25)15-4-5-19-18(12-15)23-8-11-27-19/h1-3,13,15,18-19,23H,4-12,14H2,(H,24,25)/t15-,18+,19+/m0/s1. The van der Waals surface area contributed by atoms with Crippen molar-refractivity contribution in [1.29, 1.82) is 0 Å². The maximum absolute atomic E-state index is 13.8. The Morgan fingerprint density at radius 2 is 2.11 bits per heavy atom. The van der Waals surface area contributed by atoms with E-state index >= 15 is 0 Å². The minimum absolute atomic E-state index is 0.0184. The van der Waals surface area contributed by atoms with E-state index in [4.69, 9.17) is 9.47 Å². The molecular formula is C21H29FN2O3. The molecule has 0 bridgehead atoms. The highest BCUT2D eigenvalue weighted by molar-refractivity contribution is 5.79. The van der Waals surface area contributed by atoms with Gasteiger partial charge in [0.2, 0.25) is 5.91 Å². The van der Waals surface area contributed by atoms with E-state index in [9.17, 15) is 9.18 Å². The minimum Gasteiger partial charge on any atom is -0.381 e. The van der Waals surface area contributed by atoms with Crippen molar-refractivity contribution in [1.82, 2.24) is 10.6 Å². The third-order valence-corrected chi connectivity index (χ3v) is 6.49. The third-order valence-electron chi connectivity index (χ3n) is 6.49. The first-order valence-corrected chi connectivity index (χ1v) is 10.1. The van der Waals surface area contributed by atoms with Crippen LogP contribution in [0, 0.1) is 11.7 Å². The molecule has 5 nitrogen and oxygen atoms in total. The molecule has 1 amide bonds. The van der Waals surface area contributed by atoms with E-state index in [0.29, 0.717) is 19.8 Å². The lowest BCUT2D eigenvalue weighted by Crippen LogP contribution is -2.54. The second-order valence-electron chi connectivity index (χ2n) is 8.10. The number of ether oxygens (including phenoxy) is 2. The SMILES string of the molecule is O=C(NCC1(c2cccc(F)c2)CCOCC1)[C@H]1CC[C@H]2OCCN[C@@H]2C1. The Labute approximate surface area is 160 Å². The molecule has 3 atom stereocenters. The van der Waals surface area contributed by atoms with Crippen LogP contribution < -0.4 is 10.6 Å². The summed E-state index contributed by atoms with van der Waals surface area (Å²) in [5.74, 6) is -0.0978. The van der Waals surface area contributed by atoms with Gasteiger partial charge in [-0.3, -0.25) is 4.79 Å². The van der Waals surface area contributed by atoms with E-state index in [1.54, 1.807) is 12.1 Å². The highest BCUT2D eigenvalue weighted by Gasteiger charge is 2.38. The monoisotopic (exact) mass is 376 g/mol. The summed E-state index contributed by atoms with van der Waals surface area (Å²) in [4.78, 5) is 12.9. The molecule has 0 aromatic heterocycles. The summed E-state index contributed by atoms with van der Waals surface area (Å²) >= 11 is 0. The minimum atomic E-state index is -0.251. The summed E-state index contributed by atoms with van der Waals surface area (Å²) < 4.78 is 25.1. The number of hydrogen-bond donors (Lipinski definition) is 2. The molecule has 4 rings (SSSR count). The molecule has 6 heteroatoms. The molecule has 3 fully saturated rings. The highest BCUT2D eigenvalue weighted by atomic mass is 19.1. The van der Waals surface area contributed by atoms with E-state index in [-0.39, 0.29) is 35.2 Å². The number of rotatable bonds is 4. The molecule has 0 radical (unpaired) electrons. The Hall–Kier alpha value is -1.50. The van der Waals surface area contributed by atoms with Crippen LogP contribution >= 0.6 is 0 Å². The maximum Gasteiger partial charge on any atom is 0.223 e. The van der Waals surface area contributed by atoms with Crippen LogP contribution in [-0.2, 0) is 19.7 Å². The number of morpholine rings is 1. The number of amides is 1. The van der Waals surface area contributed by atoms with Gasteiger partial charge in [0, 0.05) is 43.7 Å². The van der Waals surface area contributed by atoms with Crippen LogP contribution in [0.5, 0.6) is 0 Å². The molecular weight excluding hydrogens is 347 g/mol. The Morgan fingerprint density at radius 1 is 1.26 bits per heavy atom. The van der Waals surface area contributed by atoms with Gasteiger partial charge in [0.15, 0.2) is 0 Å². The summed E-state index contributed by atoms with van der Waals surface area (Å²) in [5, 5.41) is 6.68. The second kappa shape index (κ2) is 8.25. The van der Waals surface area contributed by atoms with Crippen molar-refractivity contribution in [3.63, 3.8) is 0 Å². The van der Waals surface area contributed by atoms with Gasteiger partial charge in [0.05, 0.1) is 12.7 Å². The Bertz CT molecular complexity index is 663. The number of carbonyl (C=O) groups is 1. The normalized spacial score (nSPS) is 30.3. The molecule has 2 heterocycles. The van der Waals surface area contributed by atoms with Gasteiger partial charge in [-0.15, -0.1) is 0 Å². The lowest BCUT2D eigenvalue weighted by molar-refractivity contribution is -0.129. The lowest BCUT2D eigenvalue weighted by atomic mass is 9.74. The molecule has 1 aromatic rings. The van der Waals surface area contributed by atoms with Crippen molar-refractivity contribution in [2.45, 2.75) is 49.7 Å². The number of halogens is 1. The van der Waals surface area contributed by atoms with Crippen LogP contribution in [0.4, 0.5) is 4.39 Å². The highest BCUT2D eigenvalue weighted by Crippen LogP contribution is 2.35. The fourth-order valence-corrected chi connectivity index (χ4v) is 4.80. The number of fused-ring (bicyclic) bond motifs is 1. The van der Waals surface area contributed by atoms with Gasteiger partial charge in [-0.1, -0.05) is 12.1 Å². The average Bonchev–Trinajstić information content (AvgIpc) is 2.72. The summed E-state index contributed by atoms with van der Waals surface area (Å²) in [7, 11) is 0. The van der Waals surface area contributed by atoms with Crippen molar-refractivity contribution in [2.75, 3.05) is 32.9 Å². The first kappa shape index (κ1) is 18.8. The molecule has 3 aliphatic rings. The molecule has 148 valence electrons. The van der Waals surface area contributed by atoms with Crippen molar-refractivity contribution in [3.8, 4) is 0 Å². The van der Waals surface area contributed by atoms with Gasteiger partial charge in [-0.05, 0) is 49.8 Å². The van der Waals surface area contributed by atoms with Gasteiger partial charge >= 0.3 is 0 Å². The van der Waals surface area contributed by atoms with Gasteiger partial charge in [-0.2, -0.15) is 0 Å². The molecule has 0 unspecified atom stereocenters. The van der Waals surface area contributed by atoms with E-state index in [1.807, 2.05) is 6.07 Å². The van der Waals surface area contributed by atoms with E-state index < -0.39 is 0 Å². The number of carbonyl (C=O) groups excluding carboxylic acids is 1. The fourth-order valence-electron chi connectivity index (χ4n) is 4.80. The molecule has 0 spiro atoms. The molecule has 1 saturated carbocycles. The smallest absolute Gasteiger partial charge is 0.223 e. The van der Waals surface area contributed by atoms with Crippen LogP contribution in [0.2, 0.25) is 0 Å². The quantitative estimate of drug-likeness (QED) is 0.845. The summed E-state index contributed by atoms with van der Waals surface area (Å²) in [6.45, 7) is 3.43. The van der Waals surface area contributed by atoms with Crippen LogP contribution in [0.25, 0.3) is 0 Å². The topological polar surface area (TPSA) is 59.6 Å². The van der Waals surface area contributed by atoms with Gasteiger partial charge in [-0.25, -0.2) is 4.39 Å². The van der Waals surface area contributed by atoms with E-state index in [2.05, 4.69) is 10.6 Å². The zero-order chi connectivity index (χ0) is 18.7. The zero-order valence-electron chi connectivity index (χ0n) is 15.7. The van der Waals surface area contributed by atoms with Crippen LogP contribution in [0.3, 0.4) is 0 Å². The van der Waals surface area contributed by atoms with Crippen LogP contribution in [-0.4, -0.2) is 51.0 Å².